The molecule has 0 amide bonds. The molecule has 1 aromatic carbocycles. The minimum absolute atomic E-state index is 0.155. The molecule has 0 saturated carbocycles. The summed E-state index contributed by atoms with van der Waals surface area (Å²) in [4.78, 5) is 11.8. The molecule has 0 aliphatic heterocycles. The van der Waals surface area contributed by atoms with Crippen LogP contribution in [0.15, 0.2) is 12.1 Å². The molecule has 0 radical (unpaired) electrons. The van der Waals surface area contributed by atoms with Crippen LogP contribution in [0.4, 0.5) is 0 Å². The highest BCUT2D eigenvalue weighted by Crippen LogP contribution is 2.49. The molecule has 0 spiro atoms. The fraction of sp³-hybridized carbons (Fsp3) is 0.611. The smallest absolute Gasteiger partial charge is 0.160 e. The van der Waals surface area contributed by atoms with Crippen molar-refractivity contribution in [3.63, 3.8) is 0 Å². The average molecular weight is 258 g/mol. The lowest BCUT2D eigenvalue weighted by molar-refractivity contribution is 0.101. The van der Waals surface area contributed by atoms with E-state index >= 15 is 0 Å². The Morgan fingerprint density at radius 1 is 1.16 bits per heavy atom. The van der Waals surface area contributed by atoms with Gasteiger partial charge >= 0.3 is 0 Å². The third-order valence-corrected chi connectivity index (χ3v) is 5.22. The molecule has 19 heavy (non-hydrogen) atoms. The van der Waals surface area contributed by atoms with Crippen LogP contribution in [-0.4, -0.2) is 5.78 Å². The molecule has 1 aliphatic rings. The van der Waals surface area contributed by atoms with Gasteiger partial charge in [-0.1, -0.05) is 40.7 Å². The Hall–Kier alpha value is -1.11. The number of Topliss-reactive ketones (excluding diaryl/α,β-unsaturated/α-hetero) is 1. The maximum absolute atomic E-state index is 11.8. The van der Waals surface area contributed by atoms with Crippen LogP contribution < -0.4 is 0 Å². The van der Waals surface area contributed by atoms with E-state index in [0.29, 0.717) is 5.92 Å². The Morgan fingerprint density at radius 3 is 2.26 bits per heavy atom. The summed E-state index contributed by atoms with van der Waals surface area (Å²) < 4.78 is 0. The Kier molecular flexibility index (Phi) is 3.16. The standard InChI is InChI=1S/C18H26O/c1-11-8-16-15(9-14(11)13(3)19)17(4,5)10-12(2)18(16,6)7/h8-9,12H,10H2,1-7H3. The summed E-state index contributed by atoms with van der Waals surface area (Å²) in [6.45, 7) is 15.3. The molecular formula is C18H26O. The van der Waals surface area contributed by atoms with Crippen molar-refractivity contribution in [2.24, 2.45) is 5.92 Å². The number of benzene rings is 1. The van der Waals surface area contributed by atoms with Crippen LogP contribution in [0.5, 0.6) is 0 Å². The monoisotopic (exact) mass is 258 g/mol. The Balaban J connectivity index is 2.75. The summed E-state index contributed by atoms with van der Waals surface area (Å²) in [5.74, 6) is 0.824. The fourth-order valence-electron chi connectivity index (χ4n) is 3.58. The van der Waals surface area contributed by atoms with Gasteiger partial charge in [0.25, 0.3) is 0 Å². The van der Waals surface area contributed by atoms with Crippen molar-refractivity contribution < 1.29 is 4.79 Å². The van der Waals surface area contributed by atoms with Crippen molar-refractivity contribution in [2.75, 3.05) is 0 Å². The second kappa shape index (κ2) is 4.19. The van der Waals surface area contributed by atoms with Crippen molar-refractivity contribution in [1.29, 1.82) is 0 Å². The van der Waals surface area contributed by atoms with E-state index < -0.39 is 0 Å². The molecular weight excluding hydrogens is 232 g/mol. The van der Waals surface area contributed by atoms with Crippen LogP contribution in [0.3, 0.4) is 0 Å². The van der Waals surface area contributed by atoms with Gasteiger partial charge < -0.3 is 0 Å². The third kappa shape index (κ3) is 2.13. The first kappa shape index (κ1) is 14.3. The Labute approximate surface area is 117 Å². The molecule has 2 rings (SSSR count). The first-order valence-corrected chi connectivity index (χ1v) is 7.24. The number of carbonyl (C=O) groups excluding carboxylic acids is 1. The van der Waals surface area contributed by atoms with Gasteiger partial charge in [0.05, 0.1) is 0 Å². The number of hydrogen-bond acceptors (Lipinski definition) is 1. The van der Waals surface area contributed by atoms with Gasteiger partial charge in [0.15, 0.2) is 5.78 Å². The lowest BCUT2D eigenvalue weighted by Crippen LogP contribution is -2.40. The highest BCUT2D eigenvalue weighted by atomic mass is 16.1. The summed E-state index contributed by atoms with van der Waals surface area (Å²) in [5, 5.41) is 0. The topological polar surface area (TPSA) is 17.1 Å². The average Bonchev–Trinajstić information content (AvgIpc) is 2.25. The summed E-state index contributed by atoms with van der Waals surface area (Å²) in [7, 11) is 0. The van der Waals surface area contributed by atoms with Crippen LogP contribution in [0.2, 0.25) is 0 Å². The molecule has 0 N–H and O–H groups in total. The zero-order chi connectivity index (χ0) is 14.6. The van der Waals surface area contributed by atoms with Crippen LogP contribution >= 0.6 is 0 Å². The second-order valence-corrected chi connectivity index (χ2v) is 7.48. The molecule has 1 nitrogen and oxygen atoms in total. The Bertz CT molecular complexity index is 535. The molecule has 0 heterocycles. The molecule has 0 saturated heterocycles. The van der Waals surface area contributed by atoms with E-state index in [2.05, 4.69) is 53.7 Å². The van der Waals surface area contributed by atoms with Gasteiger partial charge in [-0.25, -0.2) is 0 Å². The molecule has 1 aliphatic carbocycles. The van der Waals surface area contributed by atoms with E-state index in [0.717, 1.165) is 11.1 Å². The number of hydrogen-bond donors (Lipinski definition) is 0. The van der Waals surface area contributed by atoms with Crippen LogP contribution in [0.25, 0.3) is 0 Å². The first-order valence-electron chi connectivity index (χ1n) is 7.24. The SMILES string of the molecule is CC(=O)c1cc2c(cc1C)C(C)(C)C(C)CC2(C)C. The van der Waals surface area contributed by atoms with Crippen molar-refractivity contribution >= 4 is 5.78 Å². The summed E-state index contributed by atoms with van der Waals surface area (Å²) in [6, 6.07) is 4.41. The molecule has 104 valence electrons. The van der Waals surface area contributed by atoms with Gasteiger partial charge in [0, 0.05) is 5.56 Å². The second-order valence-electron chi connectivity index (χ2n) is 7.48. The zero-order valence-electron chi connectivity index (χ0n) is 13.3. The highest BCUT2D eigenvalue weighted by molar-refractivity contribution is 5.96. The van der Waals surface area contributed by atoms with Crippen LogP contribution in [-0.2, 0) is 10.8 Å². The van der Waals surface area contributed by atoms with E-state index in [9.17, 15) is 4.79 Å². The van der Waals surface area contributed by atoms with E-state index in [-0.39, 0.29) is 16.6 Å². The lowest BCUT2D eigenvalue weighted by atomic mass is 9.58. The predicted molar refractivity (Wildman–Crippen MR) is 81.0 cm³/mol. The summed E-state index contributed by atoms with van der Waals surface area (Å²) in [5.41, 5.74) is 5.14. The van der Waals surface area contributed by atoms with Crippen molar-refractivity contribution in [1.82, 2.24) is 0 Å². The van der Waals surface area contributed by atoms with E-state index in [1.54, 1.807) is 6.92 Å². The molecule has 0 aromatic heterocycles. The van der Waals surface area contributed by atoms with Gasteiger partial charge in [0.2, 0.25) is 0 Å². The van der Waals surface area contributed by atoms with Crippen molar-refractivity contribution in [3.05, 3.63) is 34.4 Å². The quantitative estimate of drug-likeness (QED) is 0.662. The lowest BCUT2D eigenvalue weighted by Gasteiger charge is -2.47. The molecule has 1 atom stereocenters. The number of carbonyl (C=O) groups is 1. The van der Waals surface area contributed by atoms with Gasteiger partial charge in [0.1, 0.15) is 0 Å². The largest absolute Gasteiger partial charge is 0.295 e. The minimum atomic E-state index is 0.155. The molecule has 1 heteroatoms. The van der Waals surface area contributed by atoms with E-state index in [1.165, 1.54) is 17.5 Å². The van der Waals surface area contributed by atoms with Gasteiger partial charge in [-0.15, -0.1) is 0 Å². The molecule has 1 aromatic rings. The van der Waals surface area contributed by atoms with E-state index in [4.69, 9.17) is 0 Å². The van der Waals surface area contributed by atoms with Crippen molar-refractivity contribution in [2.45, 2.75) is 65.7 Å². The third-order valence-electron chi connectivity index (χ3n) is 5.22. The summed E-state index contributed by atoms with van der Waals surface area (Å²) >= 11 is 0. The van der Waals surface area contributed by atoms with Crippen LogP contribution in [0, 0.1) is 12.8 Å². The minimum Gasteiger partial charge on any atom is -0.295 e. The van der Waals surface area contributed by atoms with Gasteiger partial charge in [-0.2, -0.15) is 0 Å². The van der Waals surface area contributed by atoms with Crippen LogP contribution in [0.1, 0.15) is 75.0 Å². The highest BCUT2D eigenvalue weighted by Gasteiger charge is 2.42. The fourth-order valence-corrected chi connectivity index (χ4v) is 3.58. The predicted octanol–water partition coefficient (Wildman–Crippen LogP) is 4.79. The zero-order valence-corrected chi connectivity index (χ0v) is 13.3. The maximum Gasteiger partial charge on any atom is 0.160 e. The summed E-state index contributed by atoms with van der Waals surface area (Å²) in [6.07, 6.45) is 1.17. The number of fused-ring (bicyclic) bond motifs is 1. The first-order chi connectivity index (χ1) is 8.57. The maximum atomic E-state index is 11.8. The van der Waals surface area contributed by atoms with Gasteiger partial charge in [-0.3, -0.25) is 4.79 Å². The normalized spacial score (nSPS) is 23.8. The van der Waals surface area contributed by atoms with Crippen molar-refractivity contribution in [3.8, 4) is 0 Å². The van der Waals surface area contributed by atoms with Gasteiger partial charge in [-0.05, 0) is 59.8 Å². The molecule has 0 bridgehead atoms. The molecule has 0 fully saturated rings. The Morgan fingerprint density at radius 2 is 1.74 bits per heavy atom. The van der Waals surface area contributed by atoms with E-state index in [1.807, 2.05) is 0 Å². The number of rotatable bonds is 1. The number of aryl methyl sites for hydroxylation is 1. The number of ketones is 1. The molecule has 1 unspecified atom stereocenters.